The first-order valence-electron chi connectivity index (χ1n) is 7.47. The molecule has 20 heavy (non-hydrogen) atoms. The molecule has 0 spiro atoms. The topological polar surface area (TPSA) is 12.9 Å². The highest BCUT2D eigenvalue weighted by Gasteiger charge is 2.17. The van der Waals surface area contributed by atoms with E-state index in [2.05, 4.69) is 35.3 Å². The van der Waals surface area contributed by atoms with Gasteiger partial charge < -0.3 is 0 Å². The Bertz CT molecular complexity index is 606. The van der Waals surface area contributed by atoms with Gasteiger partial charge in [-0.25, -0.2) is 0 Å². The van der Waals surface area contributed by atoms with E-state index >= 15 is 0 Å². The molecule has 1 aliphatic rings. The molecular weight excluding hydrogens is 266 g/mol. The lowest BCUT2D eigenvalue weighted by Gasteiger charge is -2.23. The lowest BCUT2D eigenvalue weighted by Crippen LogP contribution is -2.10. The Labute approximate surface area is 125 Å². The highest BCUT2D eigenvalue weighted by molar-refractivity contribution is 6.19. The number of aromatic nitrogens is 1. The van der Waals surface area contributed by atoms with Gasteiger partial charge >= 0.3 is 0 Å². The van der Waals surface area contributed by atoms with Crippen molar-refractivity contribution in [3.63, 3.8) is 0 Å². The van der Waals surface area contributed by atoms with E-state index < -0.39 is 0 Å². The van der Waals surface area contributed by atoms with E-state index in [1.54, 1.807) is 0 Å². The second kappa shape index (κ2) is 6.41. The zero-order valence-corrected chi connectivity index (χ0v) is 12.4. The van der Waals surface area contributed by atoms with Gasteiger partial charge in [-0.15, -0.1) is 11.6 Å². The van der Waals surface area contributed by atoms with Crippen molar-refractivity contribution in [2.45, 2.75) is 32.1 Å². The molecule has 3 rings (SSSR count). The lowest BCUT2D eigenvalue weighted by atomic mass is 9.83. The first kappa shape index (κ1) is 13.6. The normalized spacial score (nSPS) is 17.6. The van der Waals surface area contributed by atoms with E-state index in [0.717, 1.165) is 0 Å². The maximum absolute atomic E-state index is 6.21. The van der Waals surface area contributed by atoms with Crippen LogP contribution in [0.3, 0.4) is 0 Å². The molecule has 0 saturated heterocycles. The zero-order chi connectivity index (χ0) is 13.8. The summed E-state index contributed by atoms with van der Waals surface area (Å²) in [4.78, 5) is 4.36. The Balaban J connectivity index is 1.98. The van der Waals surface area contributed by atoms with Crippen LogP contribution < -0.4 is 0 Å². The van der Waals surface area contributed by atoms with E-state index in [1.165, 1.54) is 54.0 Å². The summed E-state index contributed by atoms with van der Waals surface area (Å²) in [5, 5.41) is 2.46. The summed E-state index contributed by atoms with van der Waals surface area (Å²) in [6.45, 7) is 0. The average Bonchev–Trinajstić information content (AvgIpc) is 2.53. The molecule has 1 aromatic heterocycles. The van der Waals surface area contributed by atoms with Crippen LogP contribution in [0.1, 0.15) is 37.7 Å². The molecule has 2 aromatic rings. The van der Waals surface area contributed by atoms with Crippen molar-refractivity contribution in [2.24, 2.45) is 5.92 Å². The van der Waals surface area contributed by atoms with Crippen molar-refractivity contribution < 1.29 is 0 Å². The number of rotatable bonds is 3. The number of fused-ring (bicyclic) bond motifs is 1. The highest BCUT2D eigenvalue weighted by Crippen LogP contribution is 2.32. The Hall–Kier alpha value is -1.34. The van der Waals surface area contributed by atoms with Crippen LogP contribution in [0.2, 0.25) is 0 Å². The summed E-state index contributed by atoms with van der Waals surface area (Å²) < 4.78 is 0. The van der Waals surface area contributed by atoms with Crippen LogP contribution in [0.4, 0.5) is 0 Å². The molecule has 1 fully saturated rings. The third-order valence-electron chi connectivity index (χ3n) is 4.32. The Morgan fingerprint density at radius 1 is 1.15 bits per heavy atom. The van der Waals surface area contributed by atoms with Crippen molar-refractivity contribution in [1.29, 1.82) is 0 Å². The van der Waals surface area contributed by atoms with Crippen molar-refractivity contribution in [3.05, 3.63) is 47.8 Å². The fraction of sp³-hybridized carbons (Fsp3) is 0.389. The molecule has 2 heteroatoms. The van der Waals surface area contributed by atoms with Crippen molar-refractivity contribution in [3.8, 4) is 0 Å². The van der Waals surface area contributed by atoms with E-state index in [-0.39, 0.29) is 0 Å². The van der Waals surface area contributed by atoms with Crippen molar-refractivity contribution in [1.82, 2.24) is 4.98 Å². The van der Waals surface area contributed by atoms with Gasteiger partial charge in [0.15, 0.2) is 0 Å². The summed E-state index contributed by atoms with van der Waals surface area (Å²) in [6.07, 6.45) is 12.8. The minimum Gasteiger partial charge on any atom is -0.263 e. The monoisotopic (exact) mass is 285 g/mol. The molecule has 1 heterocycles. The number of halogens is 1. The molecule has 1 nitrogen and oxygen atoms in total. The Kier molecular flexibility index (Phi) is 4.37. The molecule has 0 radical (unpaired) electrons. The molecule has 0 N–H and O–H groups in total. The molecular formula is C18H20ClN. The fourth-order valence-corrected chi connectivity index (χ4v) is 3.49. The van der Waals surface area contributed by atoms with Gasteiger partial charge in [0, 0.05) is 29.2 Å². The lowest BCUT2D eigenvalue weighted by molar-refractivity contribution is 0.405. The molecule has 1 saturated carbocycles. The molecule has 0 bridgehead atoms. The molecule has 104 valence electrons. The Morgan fingerprint density at radius 3 is 2.75 bits per heavy atom. The summed E-state index contributed by atoms with van der Waals surface area (Å²) in [7, 11) is 0. The van der Waals surface area contributed by atoms with Crippen molar-refractivity contribution in [2.75, 3.05) is 5.88 Å². The first-order valence-corrected chi connectivity index (χ1v) is 8.01. The highest BCUT2D eigenvalue weighted by atomic mass is 35.5. The van der Waals surface area contributed by atoms with E-state index in [4.69, 9.17) is 11.6 Å². The molecule has 0 unspecified atom stereocenters. The van der Waals surface area contributed by atoms with Crippen LogP contribution >= 0.6 is 11.6 Å². The summed E-state index contributed by atoms with van der Waals surface area (Å²) in [6, 6.07) is 8.41. The van der Waals surface area contributed by atoms with E-state index in [1.807, 2.05) is 12.4 Å². The van der Waals surface area contributed by atoms with Crippen molar-refractivity contribution >= 4 is 28.4 Å². The summed E-state index contributed by atoms with van der Waals surface area (Å²) in [5.74, 6) is 1.30. The minimum absolute atomic E-state index is 0.633. The average molecular weight is 286 g/mol. The van der Waals surface area contributed by atoms with Crippen LogP contribution in [0.15, 0.2) is 42.2 Å². The first-order chi connectivity index (χ1) is 9.88. The number of alkyl halides is 1. The second-order valence-electron chi connectivity index (χ2n) is 5.64. The number of hydrogen-bond donors (Lipinski definition) is 0. The van der Waals surface area contributed by atoms with Crippen LogP contribution in [0.5, 0.6) is 0 Å². The van der Waals surface area contributed by atoms with Gasteiger partial charge in [0.2, 0.25) is 0 Å². The van der Waals surface area contributed by atoms with Gasteiger partial charge in [-0.05, 0) is 24.1 Å². The number of hydrogen-bond acceptors (Lipinski definition) is 1. The van der Waals surface area contributed by atoms with Crippen LogP contribution in [0.25, 0.3) is 16.8 Å². The quantitative estimate of drug-likeness (QED) is 0.685. The maximum atomic E-state index is 6.21. The van der Waals surface area contributed by atoms with Gasteiger partial charge in [0.1, 0.15) is 0 Å². The molecule has 0 aliphatic heterocycles. The second-order valence-corrected chi connectivity index (χ2v) is 5.90. The molecule has 0 amide bonds. The standard InChI is InChI=1S/C18H20ClN/c19-11-16(14-6-2-1-3-7-14)10-17-13-20-12-15-8-4-5-9-18(15)17/h4-5,8-10,12-14H,1-3,6-7,11H2/b16-10-. The molecule has 1 aromatic carbocycles. The summed E-state index contributed by atoms with van der Waals surface area (Å²) in [5.41, 5.74) is 2.58. The number of allylic oxidation sites excluding steroid dienone is 1. The predicted molar refractivity (Wildman–Crippen MR) is 87.0 cm³/mol. The maximum Gasteiger partial charge on any atom is 0.0439 e. The third kappa shape index (κ3) is 2.88. The fourth-order valence-electron chi connectivity index (χ4n) is 3.19. The van der Waals surface area contributed by atoms with E-state index in [9.17, 15) is 0 Å². The van der Waals surface area contributed by atoms with Gasteiger partial charge in [-0.1, -0.05) is 55.2 Å². The predicted octanol–water partition coefficient (Wildman–Crippen LogP) is 5.44. The number of benzene rings is 1. The van der Waals surface area contributed by atoms with Crippen LogP contribution in [-0.4, -0.2) is 10.9 Å². The van der Waals surface area contributed by atoms with Gasteiger partial charge in [0.25, 0.3) is 0 Å². The third-order valence-corrected chi connectivity index (χ3v) is 4.63. The smallest absolute Gasteiger partial charge is 0.0439 e. The summed E-state index contributed by atoms with van der Waals surface area (Å²) >= 11 is 6.21. The number of pyridine rings is 1. The largest absolute Gasteiger partial charge is 0.263 e. The van der Waals surface area contributed by atoms with E-state index in [0.29, 0.717) is 11.8 Å². The molecule has 1 aliphatic carbocycles. The van der Waals surface area contributed by atoms with Gasteiger partial charge in [-0.2, -0.15) is 0 Å². The minimum atomic E-state index is 0.633. The van der Waals surface area contributed by atoms with Crippen LogP contribution in [-0.2, 0) is 0 Å². The molecule has 0 atom stereocenters. The van der Waals surface area contributed by atoms with Gasteiger partial charge in [-0.3, -0.25) is 4.98 Å². The Morgan fingerprint density at radius 2 is 1.95 bits per heavy atom. The zero-order valence-electron chi connectivity index (χ0n) is 11.7. The number of nitrogens with zero attached hydrogens (tertiary/aromatic N) is 1. The SMILES string of the molecule is ClC/C(=C/c1cncc2ccccc12)C1CCCCC1. The van der Waals surface area contributed by atoms with Crippen LogP contribution in [0, 0.1) is 5.92 Å². The van der Waals surface area contributed by atoms with Gasteiger partial charge in [0.05, 0.1) is 0 Å².